The average molecular weight is 431 g/mol. The molecule has 7 nitrogen and oxygen atoms in total. The Bertz CT molecular complexity index is 1220. The Hall–Kier alpha value is -3.55. The Morgan fingerprint density at radius 2 is 1.75 bits per heavy atom. The highest BCUT2D eigenvalue weighted by Crippen LogP contribution is 2.27. The lowest BCUT2D eigenvalue weighted by Gasteiger charge is -2.20. The number of rotatable bonds is 7. The molecule has 2 aromatic carbocycles. The van der Waals surface area contributed by atoms with Crippen LogP contribution in [-0.4, -0.2) is 43.5 Å². The van der Waals surface area contributed by atoms with Crippen molar-refractivity contribution in [2.24, 2.45) is 7.05 Å². The molecule has 0 aliphatic heterocycles. The molecule has 0 bridgehead atoms. The second-order valence-corrected chi connectivity index (χ2v) is 7.84. The van der Waals surface area contributed by atoms with Crippen LogP contribution in [0.2, 0.25) is 0 Å². The van der Waals surface area contributed by atoms with E-state index in [1.807, 2.05) is 67.6 Å². The molecule has 2 aromatic heterocycles. The summed E-state index contributed by atoms with van der Waals surface area (Å²) in [5.74, 6) is -0.343. The molecule has 3 N–H and O–H groups in total. The van der Waals surface area contributed by atoms with Gasteiger partial charge in [0.1, 0.15) is 0 Å². The number of carbonyl (C=O) groups excluding carboxylic acids is 1. The van der Waals surface area contributed by atoms with Gasteiger partial charge in [-0.3, -0.25) is 9.48 Å². The second kappa shape index (κ2) is 9.30. The summed E-state index contributed by atoms with van der Waals surface area (Å²) in [4.78, 5) is 18.0. The Labute approximate surface area is 186 Å². The van der Waals surface area contributed by atoms with E-state index < -0.39 is 12.1 Å². The summed E-state index contributed by atoms with van der Waals surface area (Å²) in [5, 5.41) is 28.4. The number of hydrogen-bond acceptors (Lipinski definition) is 5. The fourth-order valence-electron chi connectivity index (χ4n) is 3.90. The monoisotopic (exact) mass is 430 g/mol. The van der Waals surface area contributed by atoms with Crippen LogP contribution in [-0.2, 0) is 7.05 Å². The number of carbonyl (C=O) groups is 1. The Morgan fingerprint density at radius 3 is 2.41 bits per heavy atom. The first-order chi connectivity index (χ1) is 15.5. The molecule has 0 fully saturated rings. The Morgan fingerprint density at radius 1 is 1.09 bits per heavy atom. The predicted molar refractivity (Wildman–Crippen MR) is 123 cm³/mol. The molecule has 2 heterocycles. The molecule has 0 saturated carbocycles. The number of amides is 1. The fraction of sp³-hybridized carbons (Fsp3) is 0.240. The summed E-state index contributed by atoms with van der Waals surface area (Å²) in [7, 11) is 1.80. The lowest BCUT2D eigenvalue weighted by molar-refractivity contribution is 0.0867. The lowest BCUT2D eigenvalue weighted by Crippen LogP contribution is -2.38. The van der Waals surface area contributed by atoms with Crippen molar-refractivity contribution in [3.8, 4) is 11.3 Å². The molecule has 0 aliphatic carbocycles. The van der Waals surface area contributed by atoms with Crippen molar-refractivity contribution < 1.29 is 15.0 Å². The zero-order chi connectivity index (χ0) is 22.7. The molecule has 4 rings (SSSR count). The summed E-state index contributed by atoms with van der Waals surface area (Å²) in [6.45, 7) is 1.55. The van der Waals surface area contributed by atoms with Gasteiger partial charge in [-0.25, -0.2) is 4.98 Å². The maximum Gasteiger partial charge on any atom is 0.252 e. The van der Waals surface area contributed by atoms with Gasteiger partial charge >= 0.3 is 0 Å². The van der Waals surface area contributed by atoms with Crippen LogP contribution < -0.4 is 5.32 Å². The molecule has 0 spiro atoms. The lowest BCUT2D eigenvalue weighted by atomic mass is 10.0. The molecule has 32 heavy (non-hydrogen) atoms. The average Bonchev–Trinajstić information content (AvgIpc) is 3.12. The van der Waals surface area contributed by atoms with E-state index in [9.17, 15) is 15.0 Å². The number of aryl methyl sites for hydroxylation is 2. The molecular weight excluding hydrogens is 404 g/mol. The third kappa shape index (κ3) is 4.39. The quantitative estimate of drug-likeness (QED) is 0.418. The number of benzene rings is 2. The van der Waals surface area contributed by atoms with E-state index in [0.29, 0.717) is 28.0 Å². The van der Waals surface area contributed by atoms with E-state index >= 15 is 0 Å². The molecule has 1 amide bonds. The summed E-state index contributed by atoms with van der Waals surface area (Å²) in [6, 6.07) is 20.0. The van der Waals surface area contributed by atoms with E-state index in [2.05, 4.69) is 10.4 Å². The predicted octanol–water partition coefficient (Wildman–Crippen LogP) is 3.16. The topological polar surface area (TPSA) is 100 Å². The van der Waals surface area contributed by atoms with Crippen molar-refractivity contribution in [2.75, 3.05) is 6.61 Å². The summed E-state index contributed by atoms with van der Waals surface area (Å²) in [6.07, 6.45) is -0.607. The van der Waals surface area contributed by atoms with Crippen molar-refractivity contribution in [3.05, 3.63) is 83.6 Å². The van der Waals surface area contributed by atoms with Crippen LogP contribution >= 0.6 is 0 Å². The Kier molecular flexibility index (Phi) is 6.30. The van der Waals surface area contributed by atoms with Crippen LogP contribution in [0, 0.1) is 6.92 Å². The molecule has 0 radical (unpaired) electrons. The van der Waals surface area contributed by atoms with E-state index in [1.165, 1.54) is 0 Å². The van der Waals surface area contributed by atoms with Gasteiger partial charge in [0.05, 0.1) is 41.1 Å². The first-order valence-electron chi connectivity index (χ1n) is 10.5. The molecule has 0 unspecified atom stereocenters. The van der Waals surface area contributed by atoms with Crippen molar-refractivity contribution in [1.82, 2.24) is 20.1 Å². The zero-order valence-corrected chi connectivity index (χ0v) is 18.1. The molecule has 0 aliphatic rings. The van der Waals surface area contributed by atoms with Gasteiger partial charge in [0.25, 0.3) is 5.91 Å². The van der Waals surface area contributed by atoms with E-state index in [-0.39, 0.29) is 18.9 Å². The summed E-state index contributed by atoms with van der Waals surface area (Å²) >= 11 is 0. The maximum atomic E-state index is 13.3. The van der Waals surface area contributed by atoms with E-state index in [1.54, 1.807) is 17.8 Å². The minimum atomic E-state index is -0.800. The van der Waals surface area contributed by atoms with Crippen LogP contribution in [0.3, 0.4) is 0 Å². The third-order valence-corrected chi connectivity index (χ3v) is 5.53. The standard InChI is InChI=1S/C25H26N4O3/c1-16-23-20(14-21(17-9-5-3-6-10-17)27-24(23)29(2)28-16)25(32)26-19(15-30)13-22(31)18-11-7-4-8-12-18/h3-12,14,19,22,30-31H,13,15H2,1-2H3,(H,26,32)/t19-,22-/m0/s1. The van der Waals surface area contributed by atoms with Gasteiger partial charge < -0.3 is 15.5 Å². The summed E-state index contributed by atoms with van der Waals surface area (Å²) in [5.41, 5.74) is 4.04. The first-order valence-corrected chi connectivity index (χ1v) is 10.5. The van der Waals surface area contributed by atoms with Crippen molar-refractivity contribution in [3.63, 3.8) is 0 Å². The van der Waals surface area contributed by atoms with Crippen LogP contribution in [0.25, 0.3) is 22.3 Å². The highest BCUT2D eigenvalue weighted by Gasteiger charge is 2.23. The van der Waals surface area contributed by atoms with Crippen LogP contribution in [0.4, 0.5) is 0 Å². The van der Waals surface area contributed by atoms with Gasteiger partial charge in [0.15, 0.2) is 5.65 Å². The van der Waals surface area contributed by atoms with Crippen molar-refractivity contribution in [2.45, 2.75) is 25.5 Å². The van der Waals surface area contributed by atoms with Gasteiger partial charge in [-0.1, -0.05) is 60.7 Å². The largest absolute Gasteiger partial charge is 0.394 e. The number of aliphatic hydroxyl groups excluding tert-OH is 2. The van der Waals surface area contributed by atoms with E-state index in [4.69, 9.17) is 4.98 Å². The van der Waals surface area contributed by atoms with Crippen molar-refractivity contribution >= 4 is 16.9 Å². The first kappa shape index (κ1) is 21.7. The number of aromatic nitrogens is 3. The smallest absolute Gasteiger partial charge is 0.252 e. The van der Waals surface area contributed by atoms with Gasteiger partial charge in [-0.05, 0) is 25.0 Å². The highest BCUT2D eigenvalue weighted by atomic mass is 16.3. The third-order valence-electron chi connectivity index (χ3n) is 5.53. The highest BCUT2D eigenvalue weighted by molar-refractivity contribution is 6.07. The van der Waals surface area contributed by atoms with Crippen LogP contribution in [0.1, 0.15) is 34.1 Å². The minimum absolute atomic E-state index is 0.193. The van der Waals surface area contributed by atoms with E-state index in [0.717, 1.165) is 11.1 Å². The van der Waals surface area contributed by atoms with Crippen molar-refractivity contribution in [1.29, 1.82) is 0 Å². The number of nitrogens with one attached hydrogen (secondary N) is 1. The summed E-state index contributed by atoms with van der Waals surface area (Å²) < 4.78 is 1.66. The Balaban J connectivity index is 1.66. The maximum absolute atomic E-state index is 13.3. The number of fused-ring (bicyclic) bond motifs is 1. The fourth-order valence-corrected chi connectivity index (χ4v) is 3.90. The second-order valence-electron chi connectivity index (χ2n) is 7.84. The number of nitrogens with zero attached hydrogens (tertiary/aromatic N) is 3. The van der Waals surface area contributed by atoms with Gasteiger partial charge in [-0.2, -0.15) is 5.10 Å². The number of aliphatic hydroxyl groups is 2. The molecule has 0 saturated heterocycles. The van der Waals surface area contributed by atoms with Gasteiger partial charge in [0.2, 0.25) is 0 Å². The molecule has 164 valence electrons. The zero-order valence-electron chi connectivity index (χ0n) is 18.1. The number of hydrogen-bond donors (Lipinski definition) is 3. The van der Waals surface area contributed by atoms with Gasteiger partial charge in [-0.15, -0.1) is 0 Å². The van der Waals surface area contributed by atoms with Gasteiger partial charge in [0, 0.05) is 12.6 Å². The minimum Gasteiger partial charge on any atom is -0.394 e. The number of pyridine rings is 1. The molecule has 2 atom stereocenters. The van der Waals surface area contributed by atoms with Crippen LogP contribution in [0.5, 0.6) is 0 Å². The SMILES string of the molecule is Cc1nn(C)c2nc(-c3ccccc3)cc(C(=O)N[C@H](CO)C[C@H](O)c3ccccc3)c12. The normalized spacial score (nSPS) is 13.1. The molecule has 4 aromatic rings. The molecular formula is C25H26N4O3. The van der Waals surface area contributed by atoms with Crippen LogP contribution in [0.15, 0.2) is 66.7 Å². The molecule has 7 heteroatoms.